The summed E-state index contributed by atoms with van der Waals surface area (Å²) in [4.78, 5) is 20.1. The number of aryl methyl sites for hydroxylation is 1. The molecule has 0 unspecified atom stereocenters. The van der Waals surface area contributed by atoms with Crippen molar-refractivity contribution in [1.82, 2.24) is 20.5 Å². The van der Waals surface area contributed by atoms with Crippen molar-refractivity contribution < 1.29 is 4.79 Å². The summed E-state index contributed by atoms with van der Waals surface area (Å²) in [5, 5.41) is 7.29. The standard InChI is InChI=1S/C18H24N4OS.2ClH/c1-14-16(24-18(21-14)15-6-3-2-4-7-15)17(23)20-8-5-11-22-12-9-19-10-13-22;;/h2-4,6-7,19H,5,8-13H2,1H3,(H,20,23);2*1H. The summed E-state index contributed by atoms with van der Waals surface area (Å²) in [7, 11) is 0. The minimum absolute atomic E-state index is 0. The van der Waals surface area contributed by atoms with Gasteiger partial charge in [0.15, 0.2) is 0 Å². The lowest BCUT2D eigenvalue weighted by Crippen LogP contribution is -2.44. The number of hydrogen-bond acceptors (Lipinski definition) is 5. The molecule has 1 aromatic carbocycles. The lowest BCUT2D eigenvalue weighted by Gasteiger charge is -2.27. The highest BCUT2D eigenvalue weighted by atomic mass is 35.5. The van der Waals surface area contributed by atoms with E-state index in [0.29, 0.717) is 6.54 Å². The average molecular weight is 417 g/mol. The summed E-state index contributed by atoms with van der Waals surface area (Å²) in [5.41, 5.74) is 1.86. The van der Waals surface area contributed by atoms with Gasteiger partial charge in [0.25, 0.3) is 5.91 Å². The molecule has 1 aliphatic rings. The Bertz CT molecular complexity index is 675. The Labute approximate surface area is 171 Å². The van der Waals surface area contributed by atoms with Gasteiger partial charge in [0, 0.05) is 38.3 Å². The molecule has 0 bridgehead atoms. The molecule has 5 nitrogen and oxygen atoms in total. The fraction of sp³-hybridized carbons (Fsp3) is 0.444. The maximum Gasteiger partial charge on any atom is 0.263 e. The predicted molar refractivity (Wildman–Crippen MR) is 113 cm³/mol. The van der Waals surface area contributed by atoms with Gasteiger partial charge in [-0.2, -0.15) is 0 Å². The summed E-state index contributed by atoms with van der Waals surface area (Å²) >= 11 is 1.46. The first kappa shape index (κ1) is 22.9. The molecular weight excluding hydrogens is 391 g/mol. The largest absolute Gasteiger partial charge is 0.351 e. The lowest BCUT2D eigenvalue weighted by molar-refractivity contribution is 0.0954. The van der Waals surface area contributed by atoms with E-state index in [-0.39, 0.29) is 30.7 Å². The topological polar surface area (TPSA) is 57.3 Å². The van der Waals surface area contributed by atoms with E-state index in [1.54, 1.807) is 0 Å². The zero-order valence-electron chi connectivity index (χ0n) is 14.9. The Hall–Kier alpha value is -1.18. The first-order chi connectivity index (χ1) is 11.7. The van der Waals surface area contributed by atoms with Crippen LogP contribution in [0.4, 0.5) is 0 Å². The van der Waals surface area contributed by atoms with Crippen molar-refractivity contribution >= 4 is 42.1 Å². The summed E-state index contributed by atoms with van der Waals surface area (Å²) in [6, 6.07) is 10.0. The van der Waals surface area contributed by atoms with Crippen LogP contribution < -0.4 is 10.6 Å². The Kier molecular flexibility index (Phi) is 10.1. The molecule has 144 valence electrons. The van der Waals surface area contributed by atoms with Crippen LogP contribution in [0.3, 0.4) is 0 Å². The summed E-state index contributed by atoms with van der Waals surface area (Å²) in [6.07, 6.45) is 0.981. The van der Waals surface area contributed by atoms with Crippen LogP contribution in [0.25, 0.3) is 10.6 Å². The van der Waals surface area contributed by atoms with Gasteiger partial charge in [0.1, 0.15) is 9.88 Å². The molecule has 0 saturated carbocycles. The van der Waals surface area contributed by atoms with Gasteiger partial charge >= 0.3 is 0 Å². The van der Waals surface area contributed by atoms with Crippen molar-refractivity contribution in [2.75, 3.05) is 39.3 Å². The average Bonchev–Trinajstić information content (AvgIpc) is 3.02. The third-order valence-electron chi connectivity index (χ3n) is 4.17. The van der Waals surface area contributed by atoms with Gasteiger partial charge < -0.3 is 15.5 Å². The normalized spacial score (nSPS) is 14.2. The summed E-state index contributed by atoms with van der Waals surface area (Å²) in [5.74, 6) is -0.00695. The molecule has 8 heteroatoms. The molecule has 0 atom stereocenters. The summed E-state index contributed by atoms with van der Waals surface area (Å²) in [6.45, 7) is 7.98. The molecule has 26 heavy (non-hydrogen) atoms. The second-order valence-corrected chi connectivity index (χ2v) is 7.00. The van der Waals surface area contributed by atoms with E-state index in [0.717, 1.165) is 60.3 Å². The molecule has 1 amide bonds. The number of aromatic nitrogens is 1. The Morgan fingerprint density at radius 2 is 1.92 bits per heavy atom. The van der Waals surface area contributed by atoms with E-state index in [4.69, 9.17) is 0 Å². The van der Waals surface area contributed by atoms with Crippen molar-refractivity contribution in [3.05, 3.63) is 40.9 Å². The maximum absolute atomic E-state index is 12.4. The van der Waals surface area contributed by atoms with Crippen molar-refractivity contribution in [3.63, 3.8) is 0 Å². The number of nitrogens with one attached hydrogen (secondary N) is 2. The highest BCUT2D eigenvalue weighted by molar-refractivity contribution is 7.17. The Balaban J connectivity index is 0.00000169. The predicted octanol–water partition coefficient (Wildman–Crippen LogP) is 2.99. The zero-order chi connectivity index (χ0) is 16.8. The lowest BCUT2D eigenvalue weighted by atomic mass is 10.2. The number of rotatable bonds is 6. The van der Waals surface area contributed by atoms with Crippen molar-refractivity contribution in [3.8, 4) is 10.6 Å². The van der Waals surface area contributed by atoms with Gasteiger partial charge in [-0.05, 0) is 19.9 Å². The van der Waals surface area contributed by atoms with Crippen molar-refractivity contribution in [2.45, 2.75) is 13.3 Å². The van der Waals surface area contributed by atoms with Crippen LogP contribution in [0.1, 0.15) is 21.8 Å². The van der Waals surface area contributed by atoms with E-state index in [1.165, 1.54) is 11.3 Å². The van der Waals surface area contributed by atoms with E-state index >= 15 is 0 Å². The summed E-state index contributed by atoms with van der Waals surface area (Å²) < 4.78 is 0. The third-order valence-corrected chi connectivity index (χ3v) is 5.38. The van der Waals surface area contributed by atoms with Crippen LogP contribution in [0.2, 0.25) is 0 Å². The molecule has 3 rings (SSSR count). The number of piperazine rings is 1. The number of halogens is 2. The minimum Gasteiger partial charge on any atom is -0.351 e. The van der Waals surface area contributed by atoms with E-state index in [1.807, 2.05) is 37.3 Å². The minimum atomic E-state index is -0.00695. The third kappa shape index (κ3) is 6.21. The Morgan fingerprint density at radius 3 is 2.62 bits per heavy atom. The van der Waals surface area contributed by atoms with Crippen LogP contribution in [0.15, 0.2) is 30.3 Å². The molecule has 0 aliphatic carbocycles. The number of thiazole rings is 1. The van der Waals surface area contributed by atoms with Crippen molar-refractivity contribution in [1.29, 1.82) is 0 Å². The van der Waals surface area contributed by atoms with Crippen LogP contribution in [-0.4, -0.2) is 55.1 Å². The van der Waals surface area contributed by atoms with E-state index < -0.39 is 0 Å². The highest BCUT2D eigenvalue weighted by Gasteiger charge is 2.16. The van der Waals surface area contributed by atoms with Gasteiger partial charge in [-0.3, -0.25) is 4.79 Å². The number of nitrogens with zero attached hydrogens (tertiary/aromatic N) is 2. The number of carbonyl (C=O) groups is 1. The van der Waals surface area contributed by atoms with Crippen LogP contribution in [0.5, 0.6) is 0 Å². The molecule has 2 N–H and O–H groups in total. The highest BCUT2D eigenvalue weighted by Crippen LogP contribution is 2.27. The molecule has 0 radical (unpaired) electrons. The molecule has 1 fully saturated rings. The number of carbonyl (C=O) groups excluding carboxylic acids is 1. The number of hydrogen-bond donors (Lipinski definition) is 2. The van der Waals surface area contributed by atoms with E-state index in [9.17, 15) is 4.79 Å². The van der Waals surface area contributed by atoms with Gasteiger partial charge in [-0.25, -0.2) is 4.98 Å². The smallest absolute Gasteiger partial charge is 0.263 e. The molecular formula is C18H26Cl2N4OS. The number of amides is 1. The van der Waals surface area contributed by atoms with Gasteiger partial charge in [-0.15, -0.1) is 36.2 Å². The molecule has 0 spiro atoms. The van der Waals surface area contributed by atoms with Crippen LogP contribution in [-0.2, 0) is 0 Å². The maximum atomic E-state index is 12.4. The molecule has 1 saturated heterocycles. The van der Waals surface area contributed by atoms with Gasteiger partial charge in [-0.1, -0.05) is 30.3 Å². The van der Waals surface area contributed by atoms with Gasteiger partial charge in [0.05, 0.1) is 5.69 Å². The van der Waals surface area contributed by atoms with Gasteiger partial charge in [0.2, 0.25) is 0 Å². The zero-order valence-corrected chi connectivity index (χ0v) is 17.3. The monoisotopic (exact) mass is 416 g/mol. The molecule has 1 aliphatic heterocycles. The molecule has 1 aromatic heterocycles. The SMILES string of the molecule is Cc1nc(-c2ccccc2)sc1C(=O)NCCCN1CCNCC1.Cl.Cl. The first-order valence-electron chi connectivity index (χ1n) is 8.48. The van der Waals surface area contributed by atoms with E-state index in [2.05, 4.69) is 20.5 Å². The fourth-order valence-corrected chi connectivity index (χ4v) is 3.82. The Morgan fingerprint density at radius 1 is 1.23 bits per heavy atom. The second-order valence-electron chi connectivity index (χ2n) is 6.00. The van der Waals surface area contributed by atoms with Crippen LogP contribution >= 0.6 is 36.2 Å². The quantitative estimate of drug-likeness (QED) is 0.710. The first-order valence-corrected chi connectivity index (χ1v) is 9.30. The van der Waals surface area contributed by atoms with Crippen LogP contribution in [0, 0.1) is 6.92 Å². The van der Waals surface area contributed by atoms with Crippen molar-refractivity contribution in [2.24, 2.45) is 0 Å². The molecule has 2 aromatic rings. The molecule has 2 heterocycles. The fourth-order valence-electron chi connectivity index (χ4n) is 2.83. The number of benzene rings is 1. The second kappa shape index (κ2) is 11.5.